The molecule has 0 aliphatic carbocycles. The lowest BCUT2D eigenvalue weighted by Gasteiger charge is -2.31. The Balaban J connectivity index is 1.26. The zero-order valence-electron chi connectivity index (χ0n) is 50.4. The number of likely N-dealkylation sites (tertiary alicyclic amines) is 1. The van der Waals surface area contributed by atoms with Crippen molar-refractivity contribution in [1.29, 1.82) is 5.41 Å². The third kappa shape index (κ3) is 21.1. The number of aromatic hydroxyl groups is 1. The molecule has 484 valence electrons. The van der Waals surface area contributed by atoms with Gasteiger partial charge in [-0.1, -0.05) is 74.5 Å². The number of aliphatic carboxylic acids is 1. The van der Waals surface area contributed by atoms with E-state index in [4.69, 9.17) is 22.6 Å². The summed E-state index contributed by atoms with van der Waals surface area (Å²) in [4.78, 5) is 151. The van der Waals surface area contributed by atoms with E-state index in [2.05, 4.69) is 57.5 Å². The van der Waals surface area contributed by atoms with Gasteiger partial charge < -0.3 is 84.8 Å². The highest BCUT2D eigenvalue weighted by atomic mass is 32.2. The fraction of sp³-hybridized carbons (Fsp3) is 0.443. The van der Waals surface area contributed by atoms with Crippen LogP contribution in [-0.2, 0) is 73.6 Å². The van der Waals surface area contributed by atoms with Gasteiger partial charge in [-0.2, -0.15) is 11.8 Å². The van der Waals surface area contributed by atoms with Crippen LogP contribution < -0.4 is 59.7 Å². The van der Waals surface area contributed by atoms with Gasteiger partial charge in [-0.05, 0) is 91.3 Å². The number of hydrogen-bond acceptors (Lipinski definition) is 15. The molecule has 0 saturated carbocycles. The highest BCUT2D eigenvalue weighted by molar-refractivity contribution is 7.98. The summed E-state index contributed by atoms with van der Waals surface area (Å²) in [5.74, 6) is -8.84. The van der Waals surface area contributed by atoms with Crippen LogP contribution in [0.1, 0.15) is 81.2 Å². The molecule has 1 aliphatic heterocycles. The highest BCUT2D eigenvalue weighted by Crippen LogP contribution is 2.23. The van der Waals surface area contributed by atoms with E-state index in [0.29, 0.717) is 41.0 Å². The molecule has 6 rings (SSSR count). The van der Waals surface area contributed by atoms with Gasteiger partial charge in [0.25, 0.3) is 0 Å². The third-order valence-electron chi connectivity index (χ3n) is 15.2. The van der Waals surface area contributed by atoms with Crippen molar-refractivity contribution in [2.24, 2.45) is 23.1 Å². The number of para-hydroxylation sites is 1. The van der Waals surface area contributed by atoms with Crippen LogP contribution in [0.5, 0.6) is 5.75 Å². The van der Waals surface area contributed by atoms with Gasteiger partial charge in [0.2, 0.25) is 53.2 Å². The average molecular weight is 1260 g/mol. The van der Waals surface area contributed by atoms with Crippen LogP contribution in [-0.4, -0.2) is 175 Å². The normalized spacial score (nSPS) is 15.6. The Morgan fingerprint density at radius 2 is 1.29 bits per heavy atom. The maximum absolute atomic E-state index is 15.0. The third-order valence-corrected chi connectivity index (χ3v) is 15.9. The Bertz CT molecular complexity index is 3280. The molecule has 0 radical (unpaired) electrons. The molecule has 3 aromatic carbocycles. The zero-order valence-corrected chi connectivity index (χ0v) is 51.2. The minimum absolute atomic E-state index is 0.0409. The molecule has 29 heteroatoms. The van der Waals surface area contributed by atoms with Crippen molar-refractivity contribution in [2.45, 2.75) is 139 Å². The number of thioether (sulfide) groups is 1. The smallest absolute Gasteiger partial charge is 0.326 e. The number of primary amides is 1. The monoisotopic (exact) mass is 1260 g/mol. The Morgan fingerprint density at radius 1 is 0.689 bits per heavy atom. The number of hydrogen-bond donors (Lipinski definition) is 16. The van der Waals surface area contributed by atoms with Crippen LogP contribution in [0.3, 0.4) is 0 Å². The van der Waals surface area contributed by atoms with Crippen molar-refractivity contribution in [1.82, 2.24) is 62.4 Å². The summed E-state index contributed by atoms with van der Waals surface area (Å²) < 4.78 is 0. The number of nitrogens with zero attached hydrogens (tertiary/aromatic N) is 2. The Labute approximate surface area is 524 Å². The SMILES string of the molecule is CSCC[C@H](N)C(=O)N[C@@H](CCCNC(=N)N)C(=O)N[C@@H](Cc1c[nH]c2ccccc12)C(=O)N[C@H](C(=O)N[C@@H](Cc1ccc(O)cc1)C(=O)N[C@@H](Cc1c[nH]cn1)C(=O)N1CCC[C@H]1C(=O)N[C@@H](Cc1ccccc1)C(=O)N[C@@H](CCC(N)=O)C(=O)O)C(C)C. The Morgan fingerprint density at radius 3 is 1.93 bits per heavy atom. The minimum atomic E-state index is -1.52. The number of guanidine groups is 1. The number of H-pyrrole nitrogens is 2. The van der Waals surface area contributed by atoms with Gasteiger partial charge in [-0.3, -0.25) is 48.6 Å². The van der Waals surface area contributed by atoms with Crippen molar-refractivity contribution in [2.75, 3.05) is 25.1 Å². The lowest BCUT2D eigenvalue weighted by molar-refractivity contribution is -0.144. The number of nitrogens with two attached hydrogens (primary N) is 3. The average Bonchev–Trinajstić information content (AvgIpc) is 1.90. The van der Waals surface area contributed by atoms with E-state index in [1.54, 1.807) is 50.4 Å². The van der Waals surface area contributed by atoms with Gasteiger partial charge >= 0.3 is 5.97 Å². The fourth-order valence-electron chi connectivity index (χ4n) is 10.3. The Kier molecular flexibility index (Phi) is 26.5. The molecule has 5 aromatic rings. The number of benzene rings is 3. The van der Waals surface area contributed by atoms with E-state index in [1.807, 2.05) is 30.5 Å². The second-order valence-electron chi connectivity index (χ2n) is 22.4. The summed E-state index contributed by atoms with van der Waals surface area (Å²) in [6.07, 6.45) is 6.28. The maximum atomic E-state index is 15.0. The summed E-state index contributed by atoms with van der Waals surface area (Å²) in [7, 11) is 0. The molecule has 9 atom stereocenters. The topological polar surface area (TPSA) is 457 Å². The molecule has 19 N–H and O–H groups in total. The van der Waals surface area contributed by atoms with E-state index in [-0.39, 0.29) is 82.6 Å². The largest absolute Gasteiger partial charge is 0.508 e. The van der Waals surface area contributed by atoms with Crippen LogP contribution in [0.2, 0.25) is 0 Å². The molecule has 1 saturated heterocycles. The number of aromatic amines is 2. The van der Waals surface area contributed by atoms with E-state index >= 15 is 0 Å². The summed E-state index contributed by atoms with van der Waals surface area (Å²) >= 11 is 1.49. The van der Waals surface area contributed by atoms with Gasteiger partial charge in [-0.25, -0.2) is 9.78 Å². The number of carbonyl (C=O) groups excluding carboxylic acids is 9. The second kappa shape index (κ2) is 34.3. The first-order valence-corrected chi connectivity index (χ1v) is 31.0. The predicted octanol–water partition coefficient (Wildman–Crippen LogP) is -0.398. The minimum Gasteiger partial charge on any atom is -0.508 e. The van der Waals surface area contributed by atoms with Crippen molar-refractivity contribution in [3.63, 3.8) is 0 Å². The molecule has 28 nitrogen and oxygen atoms in total. The molecular formula is C61H82N16O12S. The number of rotatable bonds is 35. The summed E-state index contributed by atoms with van der Waals surface area (Å²) in [6.45, 7) is 3.54. The first-order valence-electron chi connectivity index (χ1n) is 29.6. The predicted molar refractivity (Wildman–Crippen MR) is 336 cm³/mol. The first-order chi connectivity index (χ1) is 43.0. The molecule has 2 aromatic heterocycles. The molecule has 9 amide bonds. The maximum Gasteiger partial charge on any atom is 0.326 e. The fourth-order valence-corrected chi connectivity index (χ4v) is 10.8. The van der Waals surface area contributed by atoms with E-state index in [1.165, 1.54) is 53.5 Å². The summed E-state index contributed by atoms with van der Waals surface area (Å²) in [5, 5.41) is 50.1. The number of amides is 9. The molecule has 0 spiro atoms. The second-order valence-corrected chi connectivity index (χ2v) is 23.4. The number of phenolic OH excluding ortho intramolecular Hbond substituents is 1. The number of aromatic nitrogens is 3. The van der Waals surface area contributed by atoms with E-state index in [9.17, 15) is 58.2 Å². The molecule has 1 aliphatic rings. The number of nitrogens with one attached hydrogen (secondary N) is 11. The van der Waals surface area contributed by atoms with Crippen LogP contribution in [0.15, 0.2) is 97.6 Å². The number of carboxylic acids is 1. The quantitative estimate of drug-likeness (QED) is 0.0139. The molecule has 0 bridgehead atoms. The standard InChI is InChI=1S/C61H82N16O12S/c1-34(2)51(76-56(84)47(29-37-31-68-42-14-8-7-13-40(37)42)72-53(81)43(15-9-24-67-61(64)65)70-52(80)41(62)23-26-90-3)58(86)74-46(28-36-17-19-39(78)20-18-36)55(83)75-48(30-38-32-66-33-69-38)59(87)77-25-10-16-49(77)57(85)73-45(27-35-11-5-4-6-12-35)54(82)71-44(60(88)89)21-22-50(63)79/h4-8,11-14,17-20,31-34,41,43-49,51,68,78H,9-10,15-16,21-30,62H2,1-3H3,(H2,63,79)(H,66,69)(H,70,80)(H,71,82)(H,72,81)(H,73,85)(H,74,86)(H,75,83)(H,76,84)(H,88,89)(H4,64,65,67)/t41-,43-,44-,45-,46-,47-,48-,49-,51-/m0/s1. The summed E-state index contributed by atoms with van der Waals surface area (Å²) in [6, 6.07) is 9.85. The lowest BCUT2D eigenvalue weighted by atomic mass is 9.98. The van der Waals surface area contributed by atoms with Gasteiger partial charge in [-0.15, -0.1) is 0 Å². The first kappa shape index (κ1) is 69.6. The van der Waals surface area contributed by atoms with Gasteiger partial charge in [0.15, 0.2) is 5.96 Å². The number of carboxylic acid groups (broad SMARTS) is 1. The van der Waals surface area contributed by atoms with Crippen LogP contribution in [0, 0.1) is 11.3 Å². The molecule has 90 heavy (non-hydrogen) atoms. The van der Waals surface area contributed by atoms with Gasteiger partial charge in [0.1, 0.15) is 54.1 Å². The number of fused-ring (bicyclic) bond motifs is 1. The molecular weight excluding hydrogens is 1180 g/mol. The van der Waals surface area contributed by atoms with E-state index in [0.717, 1.165) is 10.9 Å². The lowest BCUT2D eigenvalue weighted by Crippen LogP contribution is -2.61. The van der Waals surface area contributed by atoms with Crippen molar-refractivity contribution >= 4 is 87.8 Å². The number of imidazole rings is 1. The Hall–Kier alpha value is -9.51. The van der Waals surface area contributed by atoms with Crippen molar-refractivity contribution in [3.05, 3.63) is 120 Å². The zero-order chi connectivity index (χ0) is 65.4. The van der Waals surface area contributed by atoms with Crippen molar-refractivity contribution < 1.29 is 58.2 Å². The van der Waals surface area contributed by atoms with Crippen LogP contribution >= 0.6 is 11.8 Å². The highest BCUT2D eigenvalue weighted by Gasteiger charge is 2.41. The summed E-state index contributed by atoms with van der Waals surface area (Å²) in [5.41, 5.74) is 19.7. The van der Waals surface area contributed by atoms with Crippen LogP contribution in [0.25, 0.3) is 10.9 Å². The molecule has 0 unspecified atom stereocenters. The van der Waals surface area contributed by atoms with Crippen molar-refractivity contribution in [3.8, 4) is 5.75 Å². The van der Waals surface area contributed by atoms with Crippen LogP contribution in [0.4, 0.5) is 0 Å². The molecule has 1 fully saturated rings. The van der Waals surface area contributed by atoms with E-state index < -0.39 is 119 Å². The molecule has 3 heterocycles. The van der Waals surface area contributed by atoms with Gasteiger partial charge in [0.05, 0.1) is 18.1 Å². The van der Waals surface area contributed by atoms with Gasteiger partial charge in [0, 0.05) is 68.5 Å². The number of carbonyl (C=O) groups is 10. The number of phenols is 1.